The third-order valence-corrected chi connectivity index (χ3v) is 2.13. The molecule has 2 N–H and O–H groups in total. The van der Waals surface area contributed by atoms with E-state index in [1.54, 1.807) is 13.8 Å². The minimum Gasteiger partial charge on any atom is -0.304 e. The quantitative estimate of drug-likeness (QED) is 0.791. The number of hydrogen-bond acceptors (Lipinski definition) is 2. The molecule has 84 valence electrons. The van der Waals surface area contributed by atoms with E-state index in [-0.39, 0.29) is 12.2 Å². The summed E-state index contributed by atoms with van der Waals surface area (Å²) >= 11 is 0. The average molecular weight is 219 g/mol. The topological polar surface area (TPSA) is 35.2 Å². The third-order valence-electron chi connectivity index (χ3n) is 2.13. The second kappa shape index (κ2) is 4.20. The van der Waals surface area contributed by atoms with E-state index in [0.717, 1.165) is 0 Å². The summed E-state index contributed by atoms with van der Waals surface area (Å²) in [4.78, 5) is 4.37. The van der Waals surface area contributed by atoms with Gasteiger partial charge in [0.15, 0.2) is 0 Å². The molecule has 15 heavy (non-hydrogen) atoms. The molecule has 2 nitrogen and oxygen atoms in total. The van der Waals surface area contributed by atoms with Gasteiger partial charge in [0.1, 0.15) is 17.5 Å². The molecule has 1 aromatic rings. The van der Waals surface area contributed by atoms with Gasteiger partial charge in [0, 0.05) is 23.1 Å². The number of hydrogen-bond donors (Lipinski definition) is 1. The van der Waals surface area contributed by atoms with Gasteiger partial charge in [0.2, 0.25) is 0 Å². The lowest BCUT2D eigenvalue weighted by Gasteiger charge is -2.24. The van der Waals surface area contributed by atoms with Crippen molar-refractivity contribution in [2.24, 2.45) is 5.90 Å². The molecule has 0 fully saturated rings. The first kappa shape index (κ1) is 12.0. The van der Waals surface area contributed by atoms with Gasteiger partial charge in [-0.15, -0.1) is 0 Å². The highest BCUT2D eigenvalue weighted by Gasteiger charge is 2.28. The van der Waals surface area contributed by atoms with Crippen LogP contribution in [0.25, 0.3) is 0 Å². The zero-order chi connectivity index (χ0) is 11.6. The van der Waals surface area contributed by atoms with Crippen LogP contribution in [0.1, 0.15) is 19.4 Å². The van der Waals surface area contributed by atoms with Crippen LogP contribution in [-0.2, 0) is 10.3 Å². The largest absolute Gasteiger partial charge is 0.304 e. The molecular formula is C10H12F3NO. The summed E-state index contributed by atoms with van der Waals surface area (Å²) in [5.74, 6) is 2.05. The lowest BCUT2D eigenvalue weighted by atomic mass is 9.85. The summed E-state index contributed by atoms with van der Waals surface area (Å²) < 4.78 is 39.4. The molecule has 0 spiro atoms. The van der Waals surface area contributed by atoms with E-state index in [2.05, 4.69) is 4.84 Å². The molecule has 0 saturated carbocycles. The summed E-state index contributed by atoms with van der Waals surface area (Å²) in [7, 11) is 0. The predicted octanol–water partition coefficient (Wildman–Crippen LogP) is 2.27. The van der Waals surface area contributed by atoms with Gasteiger partial charge in [-0.3, -0.25) is 0 Å². The first-order valence-electron chi connectivity index (χ1n) is 4.35. The van der Waals surface area contributed by atoms with E-state index < -0.39 is 22.9 Å². The van der Waals surface area contributed by atoms with Gasteiger partial charge in [-0.05, 0) is 0 Å². The fourth-order valence-corrected chi connectivity index (χ4v) is 1.47. The van der Waals surface area contributed by atoms with Crippen molar-refractivity contribution in [1.29, 1.82) is 0 Å². The maximum absolute atomic E-state index is 13.4. The zero-order valence-electron chi connectivity index (χ0n) is 8.48. The highest BCUT2D eigenvalue weighted by molar-refractivity contribution is 5.28. The van der Waals surface area contributed by atoms with E-state index in [4.69, 9.17) is 5.90 Å². The second-order valence-electron chi connectivity index (χ2n) is 3.94. The lowest BCUT2D eigenvalue weighted by molar-refractivity contribution is 0.0935. The van der Waals surface area contributed by atoms with Crippen molar-refractivity contribution in [2.75, 3.05) is 6.61 Å². The Labute approximate surface area is 85.8 Å². The molecule has 0 aromatic heterocycles. The average Bonchev–Trinajstić information content (AvgIpc) is 1.99. The molecule has 0 radical (unpaired) electrons. The Morgan fingerprint density at radius 2 is 1.67 bits per heavy atom. The zero-order valence-corrected chi connectivity index (χ0v) is 8.48. The van der Waals surface area contributed by atoms with Gasteiger partial charge in [0.25, 0.3) is 0 Å². The van der Waals surface area contributed by atoms with Crippen LogP contribution in [0.5, 0.6) is 0 Å². The molecule has 0 aliphatic rings. The number of benzene rings is 1. The lowest BCUT2D eigenvalue weighted by Crippen LogP contribution is -2.28. The molecule has 1 rings (SSSR count). The molecule has 0 atom stereocenters. The highest BCUT2D eigenvalue weighted by Crippen LogP contribution is 2.29. The van der Waals surface area contributed by atoms with Crippen molar-refractivity contribution in [3.05, 3.63) is 35.1 Å². The van der Waals surface area contributed by atoms with Crippen molar-refractivity contribution >= 4 is 0 Å². The SMILES string of the molecule is CC(C)(CON)c1c(F)cc(F)cc1F. The number of rotatable bonds is 3. The van der Waals surface area contributed by atoms with Gasteiger partial charge in [-0.1, -0.05) is 13.8 Å². The molecule has 0 heterocycles. The molecule has 0 saturated heterocycles. The minimum atomic E-state index is -0.948. The Bertz CT molecular complexity index is 343. The molecule has 0 aliphatic heterocycles. The summed E-state index contributed by atoms with van der Waals surface area (Å²) in [5, 5.41) is 0. The summed E-state index contributed by atoms with van der Waals surface area (Å²) in [6.07, 6.45) is 0. The highest BCUT2D eigenvalue weighted by atomic mass is 19.1. The third kappa shape index (κ3) is 2.49. The van der Waals surface area contributed by atoms with Crippen molar-refractivity contribution in [3.8, 4) is 0 Å². The Kier molecular flexibility index (Phi) is 3.36. The maximum Gasteiger partial charge on any atom is 0.132 e. The van der Waals surface area contributed by atoms with Crippen LogP contribution in [0.2, 0.25) is 0 Å². The summed E-state index contributed by atoms with van der Waals surface area (Å²) in [6, 6.07) is 1.27. The van der Waals surface area contributed by atoms with Gasteiger partial charge in [0.05, 0.1) is 6.61 Å². The molecule has 0 unspecified atom stereocenters. The van der Waals surface area contributed by atoms with Crippen molar-refractivity contribution < 1.29 is 18.0 Å². The molecule has 0 aliphatic carbocycles. The number of halogens is 3. The van der Waals surface area contributed by atoms with E-state index in [0.29, 0.717) is 12.1 Å². The standard InChI is InChI=1S/C10H12F3NO/c1-10(2,5-15-14)9-7(12)3-6(11)4-8(9)13/h3-4H,5,14H2,1-2H3. The van der Waals surface area contributed by atoms with E-state index in [1.807, 2.05) is 0 Å². The Hall–Kier alpha value is -1.07. The Balaban J connectivity index is 3.24. The molecular weight excluding hydrogens is 207 g/mol. The Morgan fingerprint density at radius 1 is 1.20 bits per heavy atom. The summed E-state index contributed by atoms with van der Waals surface area (Å²) in [5.41, 5.74) is -1.18. The Morgan fingerprint density at radius 3 is 2.07 bits per heavy atom. The van der Waals surface area contributed by atoms with Gasteiger partial charge in [-0.2, -0.15) is 0 Å². The van der Waals surface area contributed by atoms with Crippen LogP contribution in [-0.4, -0.2) is 6.61 Å². The van der Waals surface area contributed by atoms with Crippen LogP contribution < -0.4 is 5.90 Å². The molecule has 5 heteroatoms. The van der Waals surface area contributed by atoms with Crippen LogP contribution >= 0.6 is 0 Å². The molecule has 0 amide bonds. The van der Waals surface area contributed by atoms with Crippen LogP contribution in [0, 0.1) is 17.5 Å². The van der Waals surface area contributed by atoms with Gasteiger partial charge < -0.3 is 4.84 Å². The van der Waals surface area contributed by atoms with Crippen molar-refractivity contribution in [3.63, 3.8) is 0 Å². The smallest absolute Gasteiger partial charge is 0.132 e. The first-order chi connectivity index (χ1) is 6.88. The van der Waals surface area contributed by atoms with Crippen LogP contribution in [0.3, 0.4) is 0 Å². The predicted molar refractivity (Wildman–Crippen MR) is 49.5 cm³/mol. The first-order valence-corrected chi connectivity index (χ1v) is 4.35. The second-order valence-corrected chi connectivity index (χ2v) is 3.94. The van der Waals surface area contributed by atoms with E-state index in [9.17, 15) is 13.2 Å². The van der Waals surface area contributed by atoms with Crippen molar-refractivity contribution in [2.45, 2.75) is 19.3 Å². The fourth-order valence-electron chi connectivity index (χ4n) is 1.47. The van der Waals surface area contributed by atoms with Gasteiger partial charge in [-0.25, -0.2) is 19.1 Å². The normalized spacial score (nSPS) is 11.9. The van der Waals surface area contributed by atoms with E-state index >= 15 is 0 Å². The van der Waals surface area contributed by atoms with Gasteiger partial charge >= 0.3 is 0 Å². The molecule has 1 aromatic carbocycles. The summed E-state index contributed by atoms with van der Waals surface area (Å²) in [6.45, 7) is 3.05. The minimum absolute atomic E-state index is 0.0630. The maximum atomic E-state index is 13.4. The fraction of sp³-hybridized carbons (Fsp3) is 0.400. The monoisotopic (exact) mass is 219 g/mol. The van der Waals surface area contributed by atoms with E-state index in [1.165, 1.54) is 0 Å². The van der Waals surface area contributed by atoms with Crippen LogP contribution in [0.4, 0.5) is 13.2 Å². The van der Waals surface area contributed by atoms with Crippen LogP contribution in [0.15, 0.2) is 12.1 Å². The number of nitrogens with two attached hydrogens (primary N) is 1. The van der Waals surface area contributed by atoms with Crippen molar-refractivity contribution in [1.82, 2.24) is 0 Å². The molecule has 0 bridgehead atoms.